The fourth-order valence-electron chi connectivity index (χ4n) is 2.61. The van der Waals surface area contributed by atoms with Gasteiger partial charge in [-0.25, -0.2) is 4.39 Å². The monoisotopic (exact) mass is 299 g/mol. The number of aliphatic hydroxyl groups is 1. The first kappa shape index (κ1) is 11.6. The summed E-state index contributed by atoms with van der Waals surface area (Å²) in [4.78, 5) is 2.20. The molecule has 1 heterocycles. The summed E-state index contributed by atoms with van der Waals surface area (Å²) in [7, 11) is 0. The second-order valence-corrected chi connectivity index (χ2v) is 6.11. The summed E-state index contributed by atoms with van der Waals surface area (Å²) in [5.74, 6) is 0.300. The number of likely N-dealkylation sites (tertiary alicyclic amines) is 1. The van der Waals surface area contributed by atoms with Crippen molar-refractivity contribution in [3.05, 3.63) is 34.1 Å². The standard InChI is InChI=1S/C13H15BrFNO/c14-12-5-11(15)4-1-9(12)6-16-7-13(17,8-16)10-2-3-10/h1,4-5,10,17H,2-3,6-8H2. The lowest BCUT2D eigenvalue weighted by molar-refractivity contribution is -0.116. The van der Waals surface area contributed by atoms with E-state index in [1.165, 1.54) is 25.0 Å². The van der Waals surface area contributed by atoms with Crippen LogP contribution < -0.4 is 0 Å². The van der Waals surface area contributed by atoms with Crippen molar-refractivity contribution in [3.63, 3.8) is 0 Å². The van der Waals surface area contributed by atoms with E-state index in [-0.39, 0.29) is 5.82 Å². The highest BCUT2D eigenvalue weighted by atomic mass is 79.9. The Balaban J connectivity index is 1.61. The largest absolute Gasteiger partial charge is 0.387 e. The average Bonchev–Trinajstić information content (AvgIpc) is 3.02. The Bertz CT molecular complexity index is 441. The Morgan fingerprint density at radius 3 is 2.71 bits per heavy atom. The molecule has 1 aromatic carbocycles. The van der Waals surface area contributed by atoms with Crippen molar-refractivity contribution >= 4 is 15.9 Å². The lowest BCUT2D eigenvalue weighted by Crippen LogP contribution is -2.62. The lowest BCUT2D eigenvalue weighted by Gasteiger charge is -2.47. The number of β-amino-alcohol motifs (C(OH)–C–C–N with tert-alkyl or cyclic N) is 1. The van der Waals surface area contributed by atoms with Gasteiger partial charge in [-0.15, -0.1) is 0 Å². The fraction of sp³-hybridized carbons (Fsp3) is 0.538. The molecule has 17 heavy (non-hydrogen) atoms. The van der Waals surface area contributed by atoms with E-state index in [9.17, 15) is 9.50 Å². The smallest absolute Gasteiger partial charge is 0.124 e. The van der Waals surface area contributed by atoms with Crippen LogP contribution in [0.1, 0.15) is 18.4 Å². The van der Waals surface area contributed by atoms with Gasteiger partial charge in [-0.2, -0.15) is 0 Å². The van der Waals surface area contributed by atoms with E-state index in [0.29, 0.717) is 5.92 Å². The van der Waals surface area contributed by atoms with Crippen LogP contribution in [0.3, 0.4) is 0 Å². The molecule has 1 saturated heterocycles. The van der Waals surface area contributed by atoms with Crippen molar-refractivity contribution in [2.24, 2.45) is 5.92 Å². The van der Waals surface area contributed by atoms with Crippen molar-refractivity contribution in [3.8, 4) is 0 Å². The highest BCUT2D eigenvalue weighted by Gasteiger charge is 2.51. The number of halogens is 2. The highest BCUT2D eigenvalue weighted by molar-refractivity contribution is 9.10. The van der Waals surface area contributed by atoms with Gasteiger partial charge in [0.25, 0.3) is 0 Å². The highest BCUT2D eigenvalue weighted by Crippen LogP contribution is 2.44. The first-order chi connectivity index (χ1) is 8.07. The Morgan fingerprint density at radius 2 is 2.12 bits per heavy atom. The second kappa shape index (κ2) is 4.04. The molecule has 0 bridgehead atoms. The molecule has 2 aliphatic rings. The first-order valence-corrected chi connectivity index (χ1v) is 6.75. The van der Waals surface area contributed by atoms with Crippen LogP contribution in [0.25, 0.3) is 0 Å². The molecule has 0 aromatic heterocycles. The molecule has 92 valence electrons. The molecule has 0 unspecified atom stereocenters. The van der Waals surface area contributed by atoms with Gasteiger partial charge in [0.05, 0.1) is 5.60 Å². The molecule has 0 spiro atoms. The summed E-state index contributed by atoms with van der Waals surface area (Å²) in [6, 6.07) is 4.77. The maximum Gasteiger partial charge on any atom is 0.124 e. The predicted molar refractivity (Wildman–Crippen MR) is 67.1 cm³/mol. The SMILES string of the molecule is OC1(C2CC2)CN(Cc2ccc(F)cc2Br)C1. The minimum Gasteiger partial charge on any atom is -0.387 e. The molecule has 0 atom stereocenters. The molecular weight excluding hydrogens is 285 g/mol. The Labute approximate surface area is 109 Å². The van der Waals surface area contributed by atoms with Crippen molar-refractivity contribution in [1.29, 1.82) is 0 Å². The zero-order valence-corrected chi connectivity index (χ0v) is 11.1. The fourth-order valence-corrected chi connectivity index (χ4v) is 3.09. The van der Waals surface area contributed by atoms with E-state index in [1.807, 2.05) is 0 Å². The summed E-state index contributed by atoms with van der Waals surface area (Å²) in [5.41, 5.74) is 0.635. The molecule has 1 aliphatic heterocycles. The molecule has 0 amide bonds. The van der Waals surface area contributed by atoms with E-state index in [4.69, 9.17) is 0 Å². The van der Waals surface area contributed by atoms with Crippen LogP contribution in [0.4, 0.5) is 4.39 Å². The summed E-state index contributed by atoms with van der Waals surface area (Å²) >= 11 is 3.37. The number of nitrogens with zero attached hydrogens (tertiary/aromatic N) is 1. The maximum absolute atomic E-state index is 12.9. The van der Waals surface area contributed by atoms with Crippen LogP contribution in [0.2, 0.25) is 0 Å². The summed E-state index contributed by atoms with van der Waals surface area (Å²) in [6.45, 7) is 2.28. The van der Waals surface area contributed by atoms with Crippen molar-refractivity contribution in [2.75, 3.05) is 13.1 Å². The minimum atomic E-state index is -0.438. The van der Waals surface area contributed by atoms with Crippen LogP contribution >= 0.6 is 15.9 Å². The van der Waals surface area contributed by atoms with Crippen LogP contribution in [-0.4, -0.2) is 28.7 Å². The van der Waals surface area contributed by atoms with E-state index >= 15 is 0 Å². The van der Waals surface area contributed by atoms with Gasteiger partial charge in [0.1, 0.15) is 5.82 Å². The molecule has 2 nitrogen and oxygen atoms in total. The third kappa shape index (κ3) is 2.26. The molecule has 1 aliphatic carbocycles. The summed E-state index contributed by atoms with van der Waals surface area (Å²) in [6.07, 6.45) is 2.34. The Kier molecular flexibility index (Phi) is 2.76. The summed E-state index contributed by atoms with van der Waals surface area (Å²) < 4.78 is 13.7. The van der Waals surface area contributed by atoms with Gasteiger partial charge >= 0.3 is 0 Å². The van der Waals surface area contributed by atoms with Crippen LogP contribution in [0, 0.1) is 11.7 Å². The number of benzene rings is 1. The normalized spacial score (nSPS) is 23.5. The van der Waals surface area contributed by atoms with Gasteiger partial charge < -0.3 is 5.11 Å². The quantitative estimate of drug-likeness (QED) is 0.927. The number of hydrogen-bond donors (Lipinski definition) is 1. The topological polar surface area (TPSA) is 23.5 Å². The second-order valence-electron chi connectivity index (χ2n) is 5.26. The minimum absolute atomic E-state index is 0.223. The third-order valence-electron chi connectivity index (χ3n) is 3.74. The molecule has 1 N–H and O–H groups in total. The predicted octanol–water partition coefficient (Wildman–Crippen LogP) is 2.54. The molecule has 3 rings (SSSR count). The van der Waals surface area contributed by atoms with Gasteiger partial charge in [-0.05, 0) is 36.5 Å². The van der Waals surface area contributed by atoms with Crippen LogP contribution in [-0.2, 0) is 6.54 Å². The molecule has 2 fully saturated rings. The van der Waals surface area contributed by atoms with Gasteiger partial charge in [0, 0.05) is 24.1 Å². The first-order valence-electron chi connectivity index (χ1n) is 5.95. The molecule has 0 radical (unpaired) electrons. The number of rotatable bonds is 3. The van der Waals surface area contributed by atoms with Crippen molar-refractivity contribution < 1.29 is 9.50 Å². The number of hydrogen-bond acceptors (Lipinski definition) is 2. The van der Waals surface area contributed by atoms with E-state index in [2.05, 4.69) is 20.8 Å². The van der Waals surface area contributed by atoms with Gasteiger partial charge in [0.2, 0.25) is 0 Å². The van der Waals surface area contributed by atoms with Gasteiger partial charge in [0.15, 0.2) is 0 Å². The molecule has 1 aromatic rings. The zero-order valence-electron chi connectivity index (χ0n) is 9.50. The van der Waals surface area contributed by atoms with Crippen LogP contribution in [0.5, 0.6) is 0 Å². The van der Waals surface area contributed by atoms with E-state index in [0.717, 1.165) is 29.7 Å². The maximum atomic E-state index is 12.9. The third-order valence-corrected chi connectivity index (χ3v) is 4.48. The Morgan fingerprint density at radius 1 is 1.41 bits per heavy atom. The van der Waals surface area contributed by atoms with Crippen LogP contribution in [0.15, 0.2) is 22.7 Å². The molecule has 4 heteroatoms. The van der Waals surface area contributed by atoms with Crippen molar-refractivity contribution in [1.82, 2.24) is 4.90 Å². The van der Waals surface area contributed by atoms with Gasteiger partial charge in [-0.3, -0.25) is 4.90 Å². The van der Waals surface area contributed by atoms with E-state index < -0.39 is 5.60 Å². The van der Waals surface area contributed by atoms with E-state index in [1.54, 1.807) is 6.07 Å². The molecule has 1 saturated carbocycles. The molecular formula is C13H15BrFNO. The summed E-state index contributed by atoms with van der Waals surface area (Å²) in [5, 5.41) is 10.2. The lowest BCUT2D eigenvalue weighted by atomic mass is 9.88. The van der Waals surface area contributed by atoms with Crippen molar-refractivity contribution in [2.45, 2.75) is 25.0 Å². The van der Waals surface area contributed by atoms with Gasteiger partial charge in [-0.1, -0.05) is 22.0 Å². The Hall–Kier alpha value is -0.450. The zero-order chi connectivity index (χ0) is 12.0. The average molecular weight is 300 g/mol.